The van der Waals surface area contributed by atoms with Gasteiger partial charge in [0.2, 0.25) is 0 Å². The van der Waals surface area contributed by atoms with Crippen molar-refractivity contribution < 1.29 is 9.53 Å². The molecule has 0 aromatic carbocycles. The maximum absolute atomic E-state index is 12.0. The van der Waals surface area contributed by atoms with Crippen LogP contribution in [0.1, 0.15) is 25.7 Å². The number of carbonyl (C=O) groups excluding carboxylic acids is 1. The van der Waals surface area contributed by atoms with Crippen molar-refractivity contribution in [2.75, 3.05) is 33.3 Å². The van der Waals surface area contributed by atoms with Crippen LogP contribution in [0.15, 0.2) is 0 Å². The van der Waals surface area contributed by atoms with Crippen LogP contribution < -0.4 is 5.32 Å². The maximum Gasteiger partial charge on any atom is 0.326 e. The predicted octanol–water partition coefficient (Wildman–Crippen LogP) is 0.377. The number of hydrogen-bond acceptors (Lipinski definition) is 4. The first kappa shape index (κ1) is 10.9. The maximum atomic E-state index is 12.0. The Bertz CT molecular complexity index is 231. The Kier molecular flexibility index (Phi) is 3.26. The molecule has 4 nitrogen and oxygen atoms in total. The van der Waals surface area contributed by atoms with E-state index in [0.717, 1.165) is 45.4 Å². The van der Waals surface area contributed by atoms with Crippen molar-refractivity contribution >= 4 is 5.97 Å². The molecule has 2 saturated heterocycles. The van der Waals surface area contributed by atoms with E-state index >= 15 is 0 Å². The molecular weight excluding hydrogens is 192 g/mol. The average molecular weight is 212 g/mol. The predicted molar refractivity (Wildman–Crippen MR) is 57.7 cm³/mol. The summed E-state index contributed by atoms with van der Waals surface area (Å²) in [5, 5.41) is 3.35. The van der Waals surface area contributed by atoms with Crippen LogP contribution in [0.2, 0.25) is 0 Å². The van der Waals surface area contributed by atoms with Crippen molar-refractivity contribution in [1.82, 2.24) is 10.2 Å². The first-order valence-corrected chi connectivity index (χ1v) is 5.84. The van der Waals surface area contributed by atoms with E-state index in [0.29, 0.717) is 0 Å². The van der Waals surface area contributed by atoms with Crippen LogP contribution in [0.25, 0.3) is 0 Å². The summed E-state index contributed by atoms with van der Waals surface area (Å²) >= 11 is 0. The summed E-state index contributed by atoms with van der Waals surface area (Å²) in [6.07, 6.45) is 4.10. The highest BCUT2D eigenvalue weighted by Crippen LogP contribution is 2.32. The lowest BCUT2D eigenvalue weighted by Gasteiger charge is -2.46. The van der Waals surface area contributed by atoms with Gasteiger partial charge >= 0.3 is 5.97 Å². The van der Waals surface area contributed by atoms with Crippen LogP contribution in [0.3, 0.4) is 0 Å². The van der Waals surface area contributed by atoms with Gasteiger partial charge in [0.25, 0.3) is 0 Å². The molecule has 86 valence electrons. The molecule has 0 aromatic rings. The zero-order chi connectivity index (χ0) is 10.7. The first-order chi connectivity index (χ1) is 7.29. The minimum Gasteiger partial charge on any atom is -0.468 e. The summed E-state index contributed by atoms with van der Waals surface area (Å²) in [5.74, 6) is -0.0362. The van der Waals surface area contributed by atoms with Crippen molar-refractivity contribution in [3.63, 3.8) is 0 Å². The molecule has 0 aliphatic carbocycles. The Hall–Kier alpha value is -0.610. The highest BCUT2D eigenvalue weighted by Gasteiger charge is 2.46. The minimum absolute atomic E-state index is 0.0362. The Morgan fingerprint density at radius 2 is 2.07 bits per heavy atom. The van der Waals surface area contributed by atoms with Crippen LogP contribution in [0.5, 0.6) is 0 Å². The van der Waals surface area contributed by atoms with Crippen LogP contribution in [-0.4, -0.2) is 49.7 Å². The minimum atomic E-state index is -0.323. The number of esters is 1. The lowest BCUT2D eigenvalue weighted by Crippen LogP contribution is -2.60. The number of likely N-dealkylation sites (tertiary alicyclic amines) is 1. The quantitative estimate of drug-likeness (QED) is 0.672. The van der Waals surface area contributed by atoms with Crippen molar-refractivity contribution in [1.29, 1.82) is 0 Å². The van der Waals surface area contributed by atoms with Crippen LogP contribution >= 0.6 is 0 Å². The Labute approximate surface area is 91.0 Å². The summed E-state index contributed by atoms with van der Waals surface area (Å²) in [7, 11) is 1.50. The second kappa shape index (κ2) is 4.49. The normalized spacial score (nSPS) is 32.9. The number of methoxy groups -OCH3 is 1. The molecule has 0 saturated carbocycles. The second-order valence-electron chi connectivity index (χ2n) is 4.47. The van der Waals surface area contributed by atoms with Gasteiger partial charge in [-0.2, -0.15) is 0 Å². The fraction of sp³-hybridized carbons (Fsp3) is 0.909. The molecule has 2 fully saturated rings. The lowest BCUT2D eigenvalue weighted by atomic mass is 9.86. The van der Waals surface area contributed by atoms with E-state index in [9.17, 15) is 4.79 Å². The van der Waals surface area contributed by atoms with Gasteiger partial charge in [0.1, 0.15) is 5.54 Å². The summed E-state index contributed by atoms with van der Waals surface area (Å²) in [5.41, 5.74) is -0.323. The van der Waals surface area contributed by atoms with E-state index in [-0.39, 0.29) is 11.5 Å². The first-order valence-electron chi connectivity index (χ1n) is 5.84. The van der Waals surface area contributed by atoms with Crippen molar-refractivity contribution in [2.45, 2.75) is 31.2 Å². The fourth-order valence-electron chi connectivity index (χ4n) is 2.63. The zero-order valence-corrected chi connectivity index (χ0v) is 9.42. The van der Waals surface area contributed by atoms with Crippen LogP contribution in [0, 0.1) is 0 Å². The summed E-state index contributed by atoms with van der Waals surface area (Å²) in [4.78, 5) is 14.3. The molecule has 0 bridgehead atoms. The molecule has 2 aliphatic heterocycles. The van der Waals surface area contributed by atoms with E-state index in [1.807, 2.05) is 0 Å². The van der Waals surface area contributed by atoms with Gasteiger partial charge in [-0.3, -0.25) is 9.69 Å². The standard InChI is InChI=1S/C11H20N2O2/c1-15-10(14)11(13-8-3-9-13)4-2-6-12-7-5-11/h12H,2-9H2,1H3. The van der Waals surface area contributed by atoms with Gasteiger partial charge in [-0.15, -0.1) is 0 Å². The third kappa shape index (κ3) is 1.88. The number of carbonyl (C=O) groups is 1. The molecule has 15 heavy (non-hydrogen) atoms. The van der Waals surface area contributed by atoms with E-state index < -0.39 is 0 Å². The van der Waals surface area contributed by atoms with Crippen molar-refractivity contribution in [2.24, 2.45) is 0 Å². The Morgan fingerprint density at radius 1 is 1.27 bits per heavy atom. The second-order valence-corrected chi connectivity index (χ2v) is 4.47. The van der Waals surface area contributed by atoms with Gasteiger partial charge in [-0.1, -0.05) is 0 Å². The lowest BCUT2D eigenvalue weighted by molar-refractivity contribution is -0.159. The van der Waals surface area contributed by atoms with Gasteiger partial charge in [-0.05, 0) is 38.8 Å². The molecule has 2 rings (SSSR count). The molecule has 0 aromatic heterocycles. The number of ether oxygens (including phenoxy) is 1. The molecule has 1 unspecified atom stereocenters. The summed E-state index contributed by atoms with van der Waals surface area (Å²) in [6.45, 7) is 4.04. The molecule has 2 aliphatic rings. The zero-order valence-electron chi connectivity index (χ0n) is 9.42. The fourth-order valence-corrected chi connectivity index (χ4v) is 2.63. The third-order valence-electron chi connectivity index (χ3n) is 3.69. The molecule has 0 spiro atoms. The summed E-state index contributed by atoms with van der Waals surface area (Å²) in [6, 6.07) is 0. The van der Waals surface area contributed by atoms with E-state index in [1.54, 1.807) is 0 Å². The van der Waals surface area contributed by atoms with Crippen molar-refractivity contribution in [3.8, 4) is 0 Å². The molecule has 4 heteroatoms. The van der Waals surface area contributed by atoms with Gasteiger partial charge < -0.3 is 10.1 Å². The number of nitrogens with zero attached hydrogens (tertiary/aromatic N) is 1. The largest absolute Gasteiger partial charge is 0.468 e. The molecule has 1 atom stereocenters. The van der Waals surface area contributed by atoms with Crippen LogP contribution in [-0.2, 0) is 9.53 Å². The Balaban J connectivity index is 2.15. The topological polar surface area (TPSA) is 41.6 Å². The van der Waals surface area contributed by atoms with Crippen LogP contribution in [0.4, 0.5) is 0 Å². The number of hydrogen-bond donors (Lipinski definition) is 1. The van der Waals surface area contributed by atoms with E-state index in [1.165, 1.54) is 13.5 Å². The van der Waals surface area contributed by atoms with Gasteiger partial charge in [-0.25, -0.2) is 0 Å². The smallest absolute Gasteiger partial charge is 0.326 e. The van der Waals surface area contributed by atoms with E-state index in [4.69, 9.17) is 4.74 Å². The molecule has 1 N–H and O–H groups in total. The van der Waals surface area contributed by atoms with Crippen molar-refractivity contribution in [3.05, 3.63) is 0 Å². The highest BCUT2D eigenvalue weighted by molar-refractivity contribution is 5.81. The molecule has 2 heterocycles. The summed E-state index contributed by atoms with van der Waals surface area (Å²) < 4.78 is 5.00. The molecule has 0 amide bonds. The SMILES string of the molecule is COC(=O)C1(N2CCC2)CCCNCC1. The average Bonchev–Trinajstić information content (AvgIpc) is 2.41. The number of rotatable bonds is 2. The highest BCUT2D eigenvalue weighted by atomic mass is 16.5. The Morgan fingerprint density at radius 3 is 2.67 bits per heavy atom. The molecule has 0 radical (unpaired) electrons. The third-order valence-corrected chi connectivity index (χ3v) is 3.69. The number of nitrogens with one attached hydrogen (secondary N) is 1. The van der Waals surface area contributed by atoms with Gasteiger partial charge in [0, 0.05) is 13.1 Å². The van der Waals surface area contributed by atoms with E-state index in [2.05, 4.69) is 10.2 Å². The van der Waals surface area contributed by atoms with Gasteiger partial charge in [0.15, 0.2) is 0 Å². The molecular formula is C11H20N2O2. The van der Waals surface area contributed by atoms with Gasteiger partial charge in [0.05, 0.1) is 7.11 Å². The monoisotopic (exact) mass is 212 g/mol.